The Morgan fingerprint density at radius 2 is 2.11 bits per heavy atom. The lowest BCUT2D eigenvalue weighted by molar-refractivity contribution is -0.132. The van der Waals surface area contributed by atoms with Crippen molar-refractivity contribution in [1.29, 1.82) is 0 Å². The molecule has 0 saturated heterocycles. The van der Waals surface area contributed by atoms with Crippen molar-refractivity contribution in [2.24, 2.45) is 0 Å². The smallest absolute Gasteiger partial charge is 0.328 e. The number of halogens is 1. The summed E-state index contributed by atoms with van der Waals surface area (Å²) in [7, 11) is 0. The van der Waals surface area contributed by atoms with E-state index >= 15 is 0 Å². The third-order valence-electron chi connectivity index (χ3n) is 2.00. The van der Waals surface area contributed by atoms with Crippen LogP contribution in [0.2, 0.25) is 5.02 Å². The van der Waals surface area contributed by atoms with Crippen LogP contribution in [0.5, 0.6) is 11.5 Å². The molecule has 1 rings (SSSR count). The highest BCUT2D eigenvalue weighted by atomic mass is 35.5. The van der Waals surface area contributed by atoms with Gasteiger partial charge in [0.05, 0.1) is 11.6 Å². The minimum Gasteiger partial charge on any atom is -0.490 e. The third kappa shape index (κ3) is 4.63. The van der Waals surface area contributed by atoms with Crippen LogP contribution < -0.4 is 9.47 Å². The minimum atomic E-state index is -1.07. The SMILES string of the molecule is CCOc1cc(C=CC(=O)O)cc(Cl)c1OC(C)=O. The van der Waals surface area contributed by atoms with E-state index in [4.69, 9.17) is 26.2 Å². The first-order valence-corrected chi connectivity index (χ1v) is 5.87. The largest absolute Gasteiger partial charge is 0.490 e. The summed E-state index contributed by atoms with van der Waals surface area (Å²) in [6.07, 6.45) is 2.35. The van der Waals surface area contributed by atoms with Gasteiger partial charge in [0.25, 0.3) is 0 Å². The molecule has 0 heterocycles. The summed E-state index contributed by atoms with van der Waals surface area (Å²) in [4.78, 5) is 21.5. The van der Waals surface area contributed by atoms with Crippen LogP contribution in [0.25, 0.3) is 6.08 Å². The number of ether oxygens (including phenoxy) is 2. The number of esters is 1. The number of carboxylic acids is 1. The van der Waals surface area contributed by atoms with Crippen molar-refractivity contribution in [2.45, 2.75) is 13.8 Å². The Balaban J connectivity index is 3.19. The Labute approximate surface area is 115 Å². The van der Waals surface area contributed by atoms with Gasteiger partial charge in [-0.1, -0.05) is 11.6 Å². The Kier molecular flexibility index (Phi) is 5.38. The second-order valence-corrected chi connectivity index (χ2v) is 3.94. The van der Waals surface area contributed by atoms with Crippen molar-refractivity contribution in [1.82, 2.24) is 0 Å². The van der Waals surface area contributed by atoms with Crippen LogP contribution in [0.3, 0.4) is 0 Å². The highest BCUT2D eigenvalue weighted by molar-refractivity contribution is 6.32. The topological polar surface area (TPSA) is 72.8 Å². The summed E-state index contributed by atoms with van der Waals surface area (Å²) in [6, 6.07) is 3.04. The molecule has 0 aromatic heterocycles. The molecule has 0 spiro atoms. The van der Waals surface area contributed by atoms with E-state index in [2.05, 4.69) is 0 Å². The first-order valence-electron chi connectivity index (χ1n) is 5.49. The standard InChI is InChI=1S/C13H13ClO5/c1-3-18-11-7-9(4-5-12(16)17)6-10(14)13(11)19-8(2)15/h4-7H,3H2,1-2H3,(H,16,17). The van der Waals surface area contributed by atoms with Gasteiger partial charge in [-0.25, -0.2) is 4.79 Å². The summed E-state index contributed by atoms with van der Waals surface area (Å²) >= 11 is 5.99. The number of benzene rings is 1. The molecule has 0 amide bonds. The lowest BCUT2D eigenvalue weighted by atomic mass is 10.2. The van der Waals surface area contributed by atoms with Crippen molar-refractivity contribution in [2.75, 3.05) is 6.61 Å². The predicted octanol–water partition coefficient (Wildman–Crippen LogP) is 2.76. The Bertz CT molecular complexity index is 522. The maximum absolute atomic E-state index is 11.0. The monoisotopic (exact) mass is 284 g/mol. The maximum atomic E-state index is 11.0. The zero-order valence-electron chi connectivity index (χ0n) is 10.5. The fourth-order valence-corrected chi connectivity index (χ4v) is 1.62. The van der Waals surface area contributed by atoms with E-state index in [1.807, 2.05) is 0 Å². The van der Waals surface area contributed by atoms with Gasteiger partial charge in [-0.15, -0.1) is 0 Å². The van der Waals surface area contributed by atoms with E-state index in [-0.39, 0.29) is 16.5 Å². The first kappa shape index (κ1) is 15.0. The Hall–Kier alpha value is -2.01. The van der Waals surface area contributed by atoms with Gasteiger partial charge in [-0.2, -0.15) is 0 Å². The highest BCUT2D eigenvalue weighted by Gasteiger charge is 2.13. The van der Waals surface area contributed by atoms with E-state index in [0.29, 0.717) is 12.2 Å². The van der Waals surface area contributed by atoms with Crippen LogP contribution in [-0.2, 0) is 9.59 Å². The number of carboxylic acid groups (broad SMARTS) is 1. The average Bonchev–Trinajstić information content (AvgIpc) is 2.31. The molecule has 1 N–H and O–H groups in total. The second-order valence-electron chi connectivity index (χ2n) is 3.53. The van der Waals surface area contributed by atoms with Gasteiger partial charge in [-0.3, -0.25) is 4.79 Å². The number of hydrogen-bond donors (Lipinski definition) is 1. The summed E-state index contributed by atoms with van der Waals surface area (Å²) < 4.78 is 10.3. The van der Waals surface area contributed by atoms with Crippen molar-refractivity contribution >= 4 is 29.6 Å². The summed E-state index contributed by atoms with van der Waals surface area (Å²) in [5.74, 6) is -1.17. The molecular formula is C13H13ClO5. The average molecular weight is 285 g/mol. The van der Waals surface area contributed by atoms with E-state index in [9.17, 15) is 9.59 Å². The van der Waals surface area contributed by atoms with Gasteiger partial charge < -0.3 is 14.6 Å². The van der Waals surface area contributed by atoms with E-state index in [1.54, 1.807) is 13.0 Å². The minimum absolute atomic E-state index is 0.128. The molecule has 0 bridgehead atoms. The lowest BCUT2D eigenvalue weighted by Crippen LogP contribution is -2.05. The number of hydrogen-bond acceptors (Lipinski definition) is 4. The van der Waals surface area contributed by atoms with Crippen molar-refractivity contribution < 1.29 is 24.2 Å². The number of carbonyl (C=O) groups is 2. The van der Waals surface area contributed by atoms with E-state index in [0.717, 1.165) is 6.08 Å². The fraction of sp³-hybridized carbons (Fsp3) is 0.231. The van der Waals surface area contributed by atoms with Crippen molar-refractivity contribution in [3.8, 4) is 11.5 Å². The van der Waals surface area contributed by atoms with Crippen LogP contribution in [0, 0.1) is 0 Å². The summed E-state index contributed by atoms with van der Waals surface area (Å²) in [6.45, 7) is 3.38. The normalized spacial score (nSPS) is 10.5. The van der Waals surface area contributed by atoms with Crippen LogP contribution in [0.4, 0.5) is 0 Å². The molecule has 0 unspecified atom stereocenters. The van der Waals surface area contributed by atoms with Crippen molar-refractivity contribution in [3.05, 3.63) is 28.8 Å². The van der Waals surface area contributed by atoms with E-state index in [1.165, 1.54) is 19.1 Å². The van der Waals surface area contributed by atoms with Gasteiger partial charge in [0.1, 0.15) is 0 Å². The number of carbonyl (C=O) groups excluding carboxylic acids is 1. The lowest BCUT2D eigenvalue weighted by Gasteiger charge is -2.12. The molecule has 102 valence electrons. The molecule has 0 aliphatic rings. The molecule has 6 heteroatoms. The Morgan fingerprint density at radius 1 is 1.42 bits per heavy atom. The summed E-state index contributed by atoms with van der Waals surface area (Å²) in [5, 5.41) is 8.74. The van der Waals surface area contributed by atoms with Gasteiger partial charge in [0.15, 0.2) is 11.5 Å². The van der Waals surface area contributed by atoms with Crippen molar-refractivity contribution in [3.63, 3.8) is 0 Å². The van der Waals surface area contributed by atoms with Crippen LogP contribution in [0.15, 0.2) is 18.2 Å². The molecule has 0 aliphatic carbocycles. The van der Waals surface area contributed by atoms with Gasteiger partial charge in [-0.05, 0) is 30.7 Å². The molecule has 0 saturated carbocycles. The molecule has 0 aliphatic heterocycles. The van der Waals surface area contributed by atoms with E-state index < -0.39 is 11.9 Å². The molecule has 5 nitrogen and oxygen atoms in total. The number of rotatable bonds is 5. The highest BCUT2D eigenvalue weighted by Crippen LogP contribution is 2.37. The van der Waals surface area contributed by atoms with Crippen LogP contribution >= 0.6 is 11.6 Å². The maximum Gasteiger partial charge on any atom is 0.328 e. The Morgan fingerprint density at radius 3 is 2.63 bits per heavy atom. The molecule has 0 atom stereocenters. The molecule has 1 aromatic rings. The third-order valence-corrected chi connectivity index (χ3v) is 2.28. The number of aliphatic carboxylic acids is 1. The molecule has 0 radical (unpaired) electrons. The quantitative estimate of drug-likeness (QED) is 0.511. The van der Waals surface area contributed by atoms with Gasteiger partial charge in [0.2, 0.25) is 0 Å². The molecule has 1 aromatic carbocycles. The fourth-order valence-electron chi connectivity index (χ4n) is 1.36. The first-order chi connectivity index (χ1) is 8.93. The zero-order valence-corrected chi connectivity index (χ0v) is 11.2. The van der Waals surface area contributed by atoms with Gasteiger partial charge in [0, 0.05) is 13.0 Å². The predicted molar refractivity (Wildman–Crippen MR) is 70.6 cm³/mol. The second kappa shape index (κ2) is 6.80. The van der Waals surface area contributed by atoms with Gasteiger partial charge >= 0.3 is 11.9 Å². The van der Waals surface area contributed by atoms with Crippen LogP contribution in [0.1, 0.15) is 19.4 Å². The molecule has 0 fully saturated rings. The summed E-state index contributed by atoms with van der Waals surface area (Å²) in [5.41, 5.74) is 0.534. The van der Waals surface area contributed by atoms with Crippen LogP contribution in [-0.4, -0.2) is 23.7 Å². The molecular weight excluding hydrogens is 272 g/mol. The zero-order chi connectivity index (χ0) is 14.4. The molecule has 19 heavy (non-hydrogen) atoms.